The molecule has 0 bridgehead atoms. The second-order valence-corrected chi connectivity index (χ2v) is 5.93. The maximum absolute atomic E-state index is 14.4. The number of nitrogens with zero attached hydrogens (tertiary/aromatic N) is 2. The predicted molar refractivity (Wildman–Crippen MR) is 87.9 cm³/mol. The third-order valence-electron chi connectivity index (χ3n) is 3.88. The summed E-state index contributed by atoms with van der Waals surface area (Å²) in [6.07, 6.45) is -4.07. The lowest BCUT2D eigenvalue weighted by atomic mass is 10.0. The summed E-state index contributed by atoms with van der Waals surface area (Å²) in [5.41, 5.74) is -4.73. The van der Waals surface area contributed by atoms with E-state index in [9.17, 15) is 35.5 Å². The lowest BCUT2D eigenvalue weighted by Crippen LogP contribution is -2.17. The molecule has 29 heavy (non-hydrogen) atoms. The van der Waals surface area contributed by atoms with Crippen molar-refractivity contribution in [1.82, 2.24) is 9.78 Å². The average molecular weight is 417 g/mol. The van der Waals surface area contributed by atoms with Crippen molar-refractivity contribution in [3.8, 4) is 11.1 Å². The second kappa shape index (κ2) is 7.22. The molecule has 0 aliphatic heterocycles. The third-order valence-corrected chi connectivity index (χ3v) is 3.88. The number of benzene rings is 2. The molecule has 0 aliphatic carbocycles. The molecule has 11 heteroatoms. The van der Waals surface area contributed by atoms with Crippen molar-refractivity contribution in [2.75, 3.05) is 5.32 Å². The Morgan fingerprint density at radius 2 is 1.59 bits per heavy atom. The number of carbonyl (C=O) groups excluding carboxylic acids is 1. The molecule has 0 spiro atoms. The first-order chi connectivity index (χ1) is 13.5. The Morgan fingerprint density at radius 1 is 0.966 bits per heavy atom. The number of anilines is 1. The molecule has 0 radical (unpaired) electrons. The van der Waals surface area contributed by atoms with E-state index in [2.05, 4.69) is 5.10 Å². The maximum atomic E-state index is 14.4. The van der Waals surface area contributed by atoms with Crippen molar-refractivity contribution in [3.63, 3.8) is 0 Å². The number of halogens is 7. The highest BCUT2D eigenvalue weighted by atomic mass is 19.4. The number of carbonyl (C=O) groups is 1. The summed E-state index contributed by atoms with van der Waals surface area (Å²) >= 11 is 0. The molecule has 1 heterocycles. The fourth-order valence-electron chi connectivity index (χ4n) is 2.64. The van der Waals surface area contributed by atoms with Gasteiger partial charge in [-0.05, 0) is 18.2 Å². The number of hydrogen-bond acceptors (Lipinski definition) is 2. The Kier molecular flexibility index (Phi) is 5.07. The Labute approximate surface area is 158 Å². The van der Waals surface area contributed by atoms with Crippen molar-refractivity contribution in [2.45, 2.75) is 6.18 Å². The number of rotatable bonds is 3. The molecule has 1 N–H and O–H groups in total. The van der Waals surface area contributed by atoms with Gasteiger partial charge in [0, 0.05) is 30.4 Å². The van der Waals surface area contributed by atoms with E-state index in [0.29, 0.717) is 12.1 Å². The Hall–Kier alpha value is -3.37. The van der Waals surface area contributed by atoms with E-state index in [1.54, 1.807) is 5.32 Å². The Bertz CT molecular complexity index is 1090. The van der Waals surface area contributed by atoms with Crippen molar-refractivity contribution >= 4 is 11.6 Å². The topological polar surface area (TPSA) is 46.9 Å². The Morgan fingerprint density at radius 3 is 2.17 bits per heavy atom. The van der Waals surface area contributed by atoms with Gasteiger partial charge in [-0.15, -0.1) is 0 Å². The largest absolute Gasteiger partial charge is 0.435 e. The van der Waals surface area contributed by atoms with Crippen LogP contribution in [-0.4, -0.2) is 15.7 Å². The van der Waals surface area contributed by atoms with Gasteiger partial charge in [-0.25, -0.2) is 17.6 Å². The molecule has 3 aromatic rings. The summed E-state index contributed by atoms with van der Waals surface area (Å²) in [5.74, 6) is -6.49. The summed E-state index contributed by atoms with van der Waals surface area (Å²) in [4.78, 5) is 12.0. The predicted octanol–water partition coefficient (Wildman–Crippen LogP) is 4.91. The molecule has 0 saturated carbocycles. The monoisotopic (exact) mass is 417 g/mol. The van der Waals surface area contributed by atoms with E-state index in [0.717, 1.165) is 29.1 Å². The molecular formula is C18H10F7N3O. The fraction of sp³-hybridized carbons (Fsp3) is 0.111. The van der Waals surface area contributed by atoms with Crippen LogP contribution in [0, 0.1) is 23.3 Å². The van der Waals surface area contributed by atoms with Gasteiger partial charge in [-0.2, -0.15) is 18.3 Å². The number of alkyl halides is 3. The minimum atomic E-state index is -4.92. The number of nitrogens with one attached hydrogen (secondary N) is 1. The van der Waals surface area contributed by atoms with Crippen LogP contribution < -0.4 is 5.32 Å². The molecule has 152 valence electrons. The van der Waals surface area contributed by atoms with Crippen LogP contribution in [0.3, 0.4) is 0 Å². The summed E-state index contributed by atoms with van der Waals surface area (Å²) in [7, 11) is 1.17. The van der Waals surface area contributed by atoms with Crippen LogP contribution in [-0.2, 0) is 13.2 Å². The van der Waals surface area contributed by atoms with E-state index in [1.807, 2.05) is 0 Å². The summed E-state index contributed by atoms with van der Waals surface area (Å²) in [6.45, 7) is 0. The maximum Gasteiger partial charge on any atom is 0.435 e. The first-order valence-corrected chi connectivity index (χ1v) is 7.84. The fourth-order valence-corrected chi connectivity index (χ4v) is 2.64. The molecule has 0 saturated heterocycles. The van der Waals surface area contributed by atoms with E-state index in [4.69, 9.17) is 0 Å². The molecule has 2 aromatic carbocycles. The molecule has 0 aliphatic rings. The molecule has 3 rings (SSSR count). The zero-order valence-corrected chi connectivity index (χ0v) is 14.4. The van der Waals surface area contributed by atoms with Crippen LogP contribution in [0.15, 0.2) is 36.5 Å². The Balaban J connectivity index is 2.01. The summed E-state index contributed by atoms with van der Waals surface area (Å²) < 4.78 is 96.1. The van der Waals surface area contributed by atoms with Gasteiger partial charge in [-0.1, -0.05) is 6.07 Å². The van der Waals surface area contributed by atoms with Crippen LogP contribution in [0.2, 0.25) is 0 Å². The molecule has 4 nitrogen and oxygen atoms in total. The molecule has 1 aromatic heterocycles. The average Bonchev–Trinajstić information content (AvgIpc) is 2.99. The normalized spacial score (nSPS) is 11.6. The van der Waals surface area contributed by atoms with Gasteiger partial charge < -0.3 is 5.32 Å². The second-order valence-electron chi connectivity index (χ2n) is 5.93. The first kappa shape index (κ1) is 20.4. The molecule has 0 fully saturated rings. The number of aryl methyl sites for hydroxylation is 1. The standard InChI is InChI=1S/C18H10F7N3O/c1-28-7-9(16(27-28)18(23,24)25)8-5-13(22)14(6-12(8)21)26-17(29)15-10(19)3-2-4-11(15)20/h2-7H,1H3,(H,26,29). The minimum absolute atomic E-state index is 0.411. The van der Waals surface area contributed by atoms with Crippen molar-refractivity contribution in [3.05, 3.63) is 71.1 Å². The summed E-state index contributed by atoms with van der Waals surface area (Å²) in [5, 5.41) is 5.01. The molecular weight excluding hydrogens is 407 g/mol. The van der Waals surface area contributed by atoms with Crippen molar-refractivity contribution < 1.29 is 35.5 Å². The summed E-state index contributed by atoms with van der Waals surface area (Å²) in [6, 6.07) is 3.42. The van der Waals surface area contributed by atoms with E-state index < -0.39 is 63.4 Å². The van der Waals surface area contributed by atoms with Gasteiger partial charge in [0.05, 0.1) is 5.69 Å². The van der Waals surface area contributed by atoms with E-state index >= 15 is 0 Å². The highest BCUT2D eigenvalue weighted by molar-refractivity contribution is 6.04. The van der Waals surface area contributed by atoms with E-state index in [-0.39, 0.29) is 0 Å². The van der Waals surface area contributed by atoms with Crippen molar-refractivity contribution in [1.29, 1.82) is 0 Å². The highest BCUT2D eigenvalue weighted by Crippen LogP contribution is 2.38. The van der Waals surface area contributed by atoms with Crippen LogP contribution in [0.5, 0.6) is 0 Å². The van der Waals surface area contributed by atoms with Gasteiger partial charge >= 0.3 is 6.18 Å². The van der Waals surface area contributed by atoms with Crippen LogP contribution in [0.25, 0.3) is 11.1 Å². The van der Waals surface area contributed by atoms with Crippen molar-refractivity contribution in [2.24, 2.45) is 7.05 Å². The van der Waals surface area contributed by atoms with Gasteiger partial charge in [-0.3, -0.25) is 9.48 Å². The molecule has 0 atom stereocenters. The third kappa shape index (κ3) is 3.93. The zero-order valence-electron chi connectivity index (χ0n) is 14.4. The smallest absolute Gasteiger partial charge is 0.319 e. The minimum Gasteiger partial charge on any atom is -0.319 e. The van der Waals surface area contributed by atoms with Crippen LogP contribution in [0.1, 0.15) is 16.1 Å². The van der Waals surface area contributed by atoms with Crippen LogP contribution >= 0.6 is 0 Å². The molecule has 0 unspecified atom stereocenters. The van der Waals surface area contributed by atoms with E-state index in [1.165, 1.54) is 7.05 Å². The van der Waals surface area contributed by atoms with Gasteiger partial charge in [0.15, 0.2) is 5.69 Å². The van der Waals surface area contributed by atoms with Crippen LogP contribution in [0.4, 0.5) is 36.4 Å². The lowest BCUT2D eigenvalue weighted by molar-refractivity contribution is -0.141. The highest BCUT2D eigenvalue weighted by Gasteiger charge is 2.38. The number of aromatic nitrogens is 2. The lowest BCUT2D eigenvalue weighted by Gasteiger charge is -2.11. The number of amides is 1. The first-order valence-electron chi connectivity index (χ1n) is 7.84. The van der Waals surface area contributed by atoms with Gasteiger partial charge in [0.25, 0.3) is 5.91 Å². The van der Waals surface area contributed by atoms with Gasteiger partial charge in [0.1, 0.15) is 28.8 Å². The quantitative estimate of drug-likeness (QED) is 0.616. The zero-order chi connectivity index (χ0) is 21.5. The number of hydrogen-bond donors (Lipinski definition) is 1. The molecule has 1 amide bonds. The SMILES string of the molecule is Cn1cc(-c2cc(F)c(NC(=O)c3c(F)cccc3F)cc2F)c(C(F)(F)F)n1. The van der Waals surface area contributed by atoms with Gasteiger partial charge in [0.2, 0.25) is 0 Å².